The lowest BCUT2D eigenvalue weighted by atomic mass is 10.1. The summed E-state index contributed by atoms with van der Waals surface area (Å²) in [6, 6.07) is 0. The van der Waals surface area contributed by atoms with Crippen molar-refractivity contribution in [2.75, 3.05) is 0 Å². The summed E-state index contributed by atoms with van der Waals surface area (Å²) in [4.78, 5) is 0. The Balaban J connectivity index is -0.000000306. The van der Waals surface area contributed by atoms with E-state index < -0.39 is 0 Å². The molecule has 0 rings (SSSR count). The summed E-state index contributed by atoms with van der Waals surface area (Å²) < 4.78 is 0. The minimum atomic E-state index is 0.525. The van der Waals surface area contributed by atoms with E-state index in [0.717, 1.165) is 24.7 Å². The first kappa shape index (κ1) is 29.4. The van der Waals surface area contributed by atoms with E-state index in [1.807, 2.05) is 0 Å². The minimum absolute atomic E-state index is 0.525. The molecule has 0 atom stereocenters. The van der Waals surface area contributed by atoms with Crippen molar-refractivity contribution >= 4 is 0 Å². The summed E-state index contributed by atoms with van der Waals surface area (Å²) in [6.07, 6.45) is 2.08. The normalized spacial score (nSPS) is 9.46. The third kappa shape index (κ3) is 43.4. The Morgan fingerprint density at radius 1 is 0.385 bits per heavy atom. The smallest absolute Gasteiger partial charge is 0.0146 e. The highest BCUT2D eigenvalue weighted by molar-refractivity contribution is 5.03. The molecule has 0 heteroatoms. The van der Waals surface area contributed by atoms with Crippen molar-refractivity contribution in [2.45, 2.75) is 95.9 Å². The van der Waals surface area contributed by atoms with Gasteiger partial charge in [0.1, 0.15) is 0 Å². The van der Waals surface area contributed by atoms with Gasteiger partial charge in [0.15, 0.2) is 0 Å². The lowest BCUT2D eigenvalue weighted by Crippen LogP contribution is -1.83. The van der Waals surface area contributed by atoms with Crippen molar-refractivity contribution in [3.05, 3.63) is 0 Å². The summed E-state index contributed by atoms with van der Waals surface area (Å²) in [7, 11) is 0. The van der Waals surface area contributed by atoms with Crippen molar-refractivity contribution in [3.63, 3.8) is 0 Å². The molecular weight excluding hydrogens is 312 g/mol. The molecule has 0 aliphatic rings. The summed E-state index contributed by atoms with van der Waals surface area (Å²) in [5.74, 6) is 22.3. The second-order valence-electron chi connectivity index (χ2n) is 8.75. The van der Waals surface area contributed by atoms with Gasteiger partial charge in [-0.05, 0) is 11.8 Å². The van der Waals surface area contributed by atoms with Crippen molar-refractivity contribution in [1.29, 1.82) is 0 Å². The lowest BCUT2D eigenvalue weighted by Gasteiger charge is -1.93. The Labute approximate surface area is 167 Å². The van der Waals surface area contributed by atoms with Crippen LogP contribution in [0, 0.1) is 71.0 Å². The quantitative estimate of drug-likeness (QED) is 0.444. The van der Waals surface area contributed by atoms with E-state index in [1.165, 1.54) is 0 Å². The molecule has 0 unspecified atom stereocenters. The molecule has 0 aromatic carbocycles. The van der Waals surface area contributed by atoms with Crippen LogP contribution in [0.15, 0.2) is 0 Å². The standard InChI is InChI=1S/2C9H16.C8H14/c2*1-8(2)6-5-7-9(3)4;1-7(2)5-6-8(3)4/h2*8-9H,6H2,1-4H3;7-8H,1-4H3. The first-order valence-electron chi connectivity index (χ1n) is 10.4. The van der Waals surface area contributed by atoms with Crippen LogP contribution in [0.3, 0.4) is 0 Å². The zero-order valence-corrected chi connectivity index (χ0v) is 19.9. The van der Waals surface area contributed by atoms with Crippen LogP contribution in [0.25, 0.3) is 0 Å². The van der Waals surface area contributed by atoms with Crippen molar-refractivity contribution in [2.24, 2.45) is 35.5 Å². The van der Waals surface area contributed by atoms with Crippen LogP contribution in [0.5, 0.6) is 0 Å². The SMILES string of the molecule is CC(C)C#CC(C)C.CC(C)C#CCC(C)C.CC(C)C#CCC(C)C. The predicted octanol–water partition coefficient (Wildman–Crippen LogP) is 7.69. The molecule has 0 N–H and O–H groups in total. The van der Waals surface area contributed by atoms with Gasteiger partial charge in [0.2, 0.25) is 0 Å². The molecule has 26 heavy (non-hydrogen) atoms. The van der Waals surface area contributed by atoms with Gasteiger partial charge in [-0.25, -0.2) is 0 Å². The Hall–Kier alpha value is -1.32. The van der Waals surface area contributed by atoms with Gasteiger partial charge in [-0.2, -0.15) is 0 Å². The molecule has 0 aromatic rings. The van der Waals surface area contributed by atoms with Crippen LogP contribution >= 0.6 is 0 Å². The molecule has 0 aromatic heterocycles. The van der Waals surface area contributed by atoms with Crippen LogP contribution in [0.2, 0.25) is 0 Å². The number of hydrogen-bond acceptors (Lipinski definition) is 0. The third-order valence-corrected chi connectivity index (χ3v) is 2.46. The van der Waals surface area contributed by atoms with Crippen molar-refractivity contribution in [3.8, 4) is 35.5 Å². The molecule has 0 heterocycles. The van der Waals surface area contributed by atoms with Crippen LogP contribution < -0.4 is 0 Å². The Kier molecular flexibility index (Phi) is 22.6. The van der Waals surface area contributed by atoms with Crippen molar-refractivity contribution in [1.82, 2.24) is 0 Å². The fraction of sp³-hybridized carbons (Fsp3) is 0.769. The average molecular weight is 359 g/mol. The van der Waals surface area contributed by atoms with Gasteiger partial charge in [0.25, 0.3) is 0 Å². The molecule has 0 aliphatic carbocycles. The van der Waals surface area contributed by atoms with Gasteiger partial charge < -0.3 is 0 Å². The molecule has 0 fully saturated rings. The van der Waals surface area contributed by atoms with Crippen LogP contribution in [-0.4, -0.2) is 0 Å². The van der Waals surface area contributed by atoms with Gasteiger partial charge in [-0.3, -0.25) is 0 Å². The Morgan fingerprint density at radius 2 is 0.615 bits per heavy atom. The number of hydrogen-bond donors (Lipinski definition) is 0. The van der Waals surface area contributed by atoms with E-state index in [1.54, 1.807) is 0 Å². The van der Waals surface area contributed by atoms with Crippen LogP contribution in [0.1, 0.15) is 95.9 Å². The maximum Gasteiger partial charge on any atom is 0.0146 e. The molecule has 0 saturated carbocycles. The second-order valence-corrected chi connectivity index (χ2v) is 8.75. The highest BCUT2D eigenvalue weighted by Crippen LogP contribution is 1.97. The van der Waals surface area contributed by atoms with Gasteiger partial charge in [-0.15, -0.1) is 35.5 Å². The van der Waals surface area contributed by atoms with Gasteiger partial charge in [0, 0.05) is 36.5 Å². The largest absolute Gasteiger partial charge is 0.103 e. The van der Waals surface area contributed by atoms with E-state index in [4.69, 9.17) is 0 Å². The van der Waals surface area contributed by atoms with Gasteiger partial charge in [-0.1, -0.05) is 83.1 Å². The molecule has 0 bridgehead atoms. The lowest BCUT2D eigenvalue weighted by molar-refractivity contribution is 0.674. The Morgan fingerprint density at radius 3 is 0.769 bits per heavy atom. The van der Waals surface area contributed by atoms with Crippen LogP contribution in [0.4, 0.5) is 0 Å². The van der Waals surface area contributed by atoms with E-state index in [0.29, 0.717) is 23.7 Å². The maximum atomic E-state index is 3.13. The molecule has 150 valence electrons. The highest BCUT2D eigenvalue weighted by atomic mass is 13.9. The van der Waals surface area contributed by atoms with Gasteiger partial charge >= 0.3 is 0 Å². The zero-order valence-electron chi connectivity index (χ0n) is 19.9. The van der Waals surface area contributed by atoms with Crippen molar-refractivity contribution < 1.29 is 0 Å². The van der Waals surface area contributed by atoms with E-state index in [-0.39, 0.29) is 0 Å². The second kappa shape index (κ2) is 20.0. The molecule has 0 saturated heterocycles. The molecule has 0 amide bonds. The topological polar surface area (TPSA) is 0 Å². The third-order valence-electron chi connectivity index (χ3n) is 2.46. The summed E-state index contributed by atoms with van der Waals surface area (Å²) in [5, 5.41) is 0. The average Bonchev–Trinajstić information content (AvgIpc) is 2.45. The van der Waals surface area contributed by atoms with Gasteiger partial charge in [0.05, 0.1) is 0 Å². The summed E-state index contributed by atoms with van der Waals surface area (Å²) in [5.41, 5.74) is 0. The highest BCUT2D eigenvalue weighted by Gasteiger charge is 1.87. The summed E-state index contributed by atoms with van der Waals surface area (Å²) in [6.45, 7) is 25.7. The van der Waals surface area contributed by atoms with E-state index >= 15 is 0 Å². The fourth-order valence-corrected chi connectivity index (χ4v) is 1.27. The van der Waals surface area contributed by atoms with E-state index in [9.17, 15) is 0 Å². The maximum absolute atomic E-state index is 3.13. The zero-order chi connectivity index (χ0) is 21.1. The fourth-order valence-electron chi connectivity index (χ4n) is 1.27. The molecule has 0 radical (unpaired) electrons. The monoisotopic (exact) mass is 358 g/mol. The van der Waals surface area contributed by atoms with Crippen LogP contribution in [-0.2, 0) is 0 Å². The first-order valence-corrected chi connectivity index (χ1v) is 10.4. The van der Waals surface area contributed by atoms with E-state index in [2.05, 4.69) is 119 Å². The molecule has 0 aliphatic heterocycles. The molecule has 0 spiro atoms. The number of rotatable bonds is 2. The minimum Gasteiger partial charge on any atom is -0.103 e. The summed E-state index contributed by atoms with van der Waals surface area (Å²) >= 11 is 0. The Bertz CT molecular complexity index is 423. The molecular formula is C26H46. The predicted molar refractivity (Wildman–Crippen MR) is 122 cm³/mol. The first-order chi connectivity index (χ1) is 11.9. The molecule has 0 nitrogen and oxygen atoms in total.